The fraction of sp³-hybridized carbons (Fsp3) is 0.357. The summed E-state index contributed by atoms with van der Waals surface area (Å²) in [5, 5.41) is 7.28. The smallest absolute Gasteiger partial charge is 0.315 e. The number of hydrogen-bond acceptors (Lipinski definition) is 5. The molecule has 5 nitrogen and oxygen atoms in total. The number of thiophene rings is 1. The second-order valence-electron chi connectivity index (χ2n) is 9.59. The number of fused-ring (bicyclic) bond motifs is 3. The van der Waals surface area contributed by atoms with E-state index in [2.05, 4.69) is 5.32 Å². The van der Waals surface area contributed by atoms with Gasteiger partial charge >= 0.3 is 5.97 Å². The average molecular weight is 476 g/mol. The number of nitrogens with zero attached hydrogens (tertiary/aromatic N) is 1. The Labute approximate surface area is 205 Å². The Kier molecular flexibility index (Phi) is 6.79. The average Bonchev–Trinajstić information content (AvgIpc) is 3.41. The van der Waals surface area contributed by atoms with E-state index in [0.717, 1.165) is 53.8 Å². The van der Waals surface area contributed by atoms with Gasteiger partial charge in [0.1, 0.15) is 13.1 Å². The van der Waals surface area contributed by atoms with Gasteiger partial charge in [-0.25, -0.2) is 0 Å². The summed E-state index contributed by atoms with van der Waals surface area (Å²) in [5.41, 5.74) is 2.74. The van der Waals surface area contributed by atoms with Gasteiger partial charge in [-0.05, 0) is 29.1 Å². The molecule has 0 saturated carbocycles. The monoisotopic (exact) mass is 475 g/mol. The van der Waals surface area contributed by atoms with Crippen molar-refractivity contribution in [1.29, 1.82) is 0 Å². The quantitative estimate of drug-likeness (QED) is 0.269. The molecule has 3 aromatic rings. The Bertz CT molecular complexity index is 1090. The molecule has 2 atom stereocenters. The van der Waals surface area contributed by atoms with E-state index in [4.69, 9.17) is 4.74 Å². The predicted octanol–water partition coefficient (Wildman–Crippen LogP) is 4.98. The summed E-state index contributed by atoms with van der Waals surface area (Å²) in [4.78, 5) is 26.4. The summed E-state index contributed by atoms with van der Waals surface area (Å²) in [6.07, 6.45) is 1.88. The number of Topliss-reactive ketones (excluding diaryl/α,β-unsaturated/α-hetero) is 1. The van der Waals surface area contributed by atoms with Crippen LogP contribution in [0.4, 0.5) is 5.69 Å². The van der Waals surface area contributed by atoms with Gasteiger partial charge < -0.3 is 14.5 Å². The molecule has 0 radical (unpaired) electrons. The third kappa shape index (κ3) is 5.08. The van der Waals surface area contributed by atoms with Gasteiger partial charge in [0.15, 0.2) is 6.10 Å². The van der Waals surface area contributed by atoms with Crippen molar-refractivity contribution in [1.82, 2.24) is 0 Å². The number of benzene rings is 2. The first-order valence-electron chi connectivity index (χ1n) is 12.1. The molecule has 1 aromatic heterocycles. The molecule has 6 rings (SSSR count). The molecule has 34 heavy (non-hydrogen) atoms. The van der Waals surface area contributed by atoms with Crippen molar-refractivity contribution in [3.63, 3.8) is 0 Å². The Balaban J connectivity index is 1.28. The summed E-state index contributed by atoms with van der Waals surface area (Å²) in [5.74, 6) is 0.00745. The number of rotatable bonds is 9. The number of carbonyl (C=O) groups excluding carboxylic acids is 2. The second kappa shape index (κ2) is 10.1. The zero-order valence-corrected chi connectivity index (χ0v) is 20.1. The standard InChI is InChI=1S/C28H31N2O3S/c31-26(23-13-16-34-20-23)18-30-14-11-22(12-15-30)27(19-30)33-28(32)25(21-7-3-1-4-8-21)17-29-24-9-5-2-6-10-24/h1-10,13,16,20,22,25,27,29H,11-12,14-15,17-19H2/q+1/t22?,25?,27-,30?/m0/s1. The highest BCUT2D eigenvalue weighted by Gasteiger charge is 2.49. The topological polar surface area (TPSA) is 55.4 Å². The van der Waals surface area contributed by atoms with E-state index >= 15 is 0 Å². The molecule has 3 fully saturated rings. The molecule has 4 heterocycles. The number of ether oxygens (including phenoxy) is 1. The van der Waals surface area contributed by atoms with Crippen molar-refractivity contribution in [3.8, 4) is 0 Å². The fourth-order valence-electron chi connectivity index (χ4n) is 5.43. The maximum Gasteiger partial charge on any atom is 0.315 e. The number of piperidine rings is 3. The zero-order valence-electron chi connectivity index (χ0n) is 19.3. The molecular weight excluding hydrogens is 444 g/mol. The third-order valence-electron chi connectivity index (χ3n) is 7.40. The van der Waals surface area contributed by atoms with Crippen LogP contribution in [-0.4, -0.2) is 55.1 Å². The molecule has 0 spiro atoms. The Morgan fingerprint density at radius 1 is 1.00 bits per heavy atom. The van der Waals surface area contributed by atoms with E-state index < -0.39 is 5.92 Å². The van der Waals surface area contributed by atoms with E-state index in [1.807, 2.05) is 77.5 Å². The first kappa shape index (κ1) is 22.8. The minimum atomic E-state index is -0.391. The molecule has 6 heteroatoms. The first-order valence-corrected chi connectivity index (χ1v) is 13.0. The normalized spacial score (nSPS) is 24.4. The van der Waals surface area contributed by atoms with Crippen LogP contribution in [0.2, 0.25) is 0 Å². The van der Waals surface area contributed by atoms with Crippen LogP contribution in [0, 0.1) is 5.92 Å². The highest BCUT2D eigenvalue weighted by molar-refractivity contribution is 7.08. The van der Waals surface area contributed by atoms with Gasteiger partial charge in [0.05, 0.1) is 19.0 Å². The number of quaternary nitrogens is 1. The van der Waals surface area contributed by atoms with Crippen molar-refractivity contribution in [3.05, 3.63) is 88.6 Å². The highest BCUT2D eigenvalue weighted by atomic mass is 32.1. The third-order valence-corrected chi connectivity index (χ3v) is 8.08. The summed E-state index contributed by atoms with van der Waals surface area (Å²) in [7, 11) is 0. The number of para-hydroxylation sites is 1. The molecule has 176 valence electrons. The molecule has 2 aromatic carbocycles. The minimum absolute atomic E-state index is 0.131. The lowest BCUT2D eigenvalue weighted by molar-refractivity contribution is -0.938. The fourth-order valence-corrected chi connectivity index (χ4v) is 6.09. The minimum Gasteiger partial charge on any atom is -0.456 e. The van der Waals surface area contributed by atoms with Gasteiger partial charge in [0.25, 0.3) is 0 Å². The number of carbonyl (C=O) groups is 2. The van der Waals surface area contributed by atoms with Gasteiger partial charge in [-0.2, -0.15) is 11.3 Å². The van der Waals surface area contributed by atoms with Crippen molar-refractivity contribution in [2.24, 2.45) is 5.92 Å². The summed E-state index contributed by atoms with van der Waals surface area (Å²) < 4.78 is 6.96. The lowest BCUT2D eigenvalue weighted by Gasteiger charge is -2.51. The van der Waals surface area contributed by atoms with Gasteiger partial charge in [0.2, 0.25) is 5.78 Å². The Hall–Kier alpha value is -2.96. The van der Waals surface area contributed by atoms with Crippen LogP contribution < -0.4 is 5.32 Å². The molecule has 3 saturated heterocycles. The number of nitrogens with one attached hydrogen (secondary N) is 1. The Morgan fingerprint density at radius 3 is 2.38 bits per heavy atom. The number of anilines is 1. The molecule has 0 amide bonds. The van der Waals surface area contributed by atoms with Crippen LogP contribution in [0.3, 0.4) is 0 Å². The largest absolute Gasteiger partial charge is 0.456 e. The molecule has 2 bridgehead atoms. The number of hydrogen-bond donors (Lipinski definition) is 1. The second-order valence-corrected chi connectivity index (χ2v) is 10.4. The SMILES string of the molecule is O=C(C[N+]12CCC(CC1)[C@@H](OC(=O)C(CNc1ccccc1)c1ccccc1)C2)c1ccsc1. The van der Waals surface area contributed by atoms with Crippen molar-refractivity contribution in [2.45, 2.75) is 24.9 Å². The molecular formula is C28H31N2O3S+. The van der Waals surface area contributed by atoms with Crippen molar-refractivity contribution < 1.29 is 18.8 Å². The van der Waals surface area contributed by atoms with E-state index in [1.54, 1.807) is 11.3 Å². The molecule has 1 N–H and O–H groups in total. The van der Waals surface area contributed by atoms with E-state index in [1.165, 1.54) is 0 Å². The van der Waals surface area contributed by atoms with Crippen molar-refractivity contribution in [2.75, 3.05) is 38.0 Å². The lowest BCUT2D eigenvalue weighted by Crippen LogP contribution is -2.65. The molecule has 1 unspecified atom stereocenters. The van der Waals surface area contributed by atoms with Crippen LogP contribution in [0.5, 0.6) is 0 Å². The van der Waals surface area contributed by atoms with Crippen LogP contribution >= 0.6 is 11.3 Å². The summed E-state index contributed by atoms with van der Waals surface area (Å²) in [6, 6.07) is 21.7. The van der Waals surface area contributed by atoms with Crippen LogP contribution in [-0.2, 0) is 9.53 Å². The predicted molar refractivity (Wildman–Crippen MR) is 135 cm³/mol. The summed E-state index contributed by atoms with van der Waals surface area (Å²) >= 11 is 1.56. The van der Waals surface area contributed by atoms with Gasteiger partial charge in [-0.1, -0.05) is 48.5 Å². The van der Waals surface area contributed by atoms with Gasteiger partial charge in [0, 0.05) is 41.9 Å². The molecule has 3 aliphatic rings. The maximum absolute atomic E-state index is 13.5. The Morgan fingerprint density at radius 2 is 1.71 bits per heavy atom. The van der Waals surface area contributed by atoms with Crippen molar-refractivity contribution >= 4 is 28.8 Å². The first-order chi connectivity index (χ1) is 16.6. The summed E-state index contributed by atoms with van der Waals surface area (Å²) in [6.45, 7) is 3.69. The van der Waals surface area contributed by atoms with E-state index in [0.29, 0.717) is 19.0 Å². The van der Waals surface area contributed by atoms with Crippen LogP contribution in [0.25, 0.3) is 0 Å². The molecule has 0 aliphatic carbocycles. The maximum atomic E-state index is 13.5. The number of esters is 1. The van der Waals surface area contributed by atoms with Gasteiger partial charge in [-0.3, -0.25) is 9.59 Å². The van der Waals surface area contributed by atoms with Crippen LogP contribution in [0.1, 0.15) is 34.7 Å². The number of ketones is 1. The highest BCUT2D eigenvalue weighted by Crippen LogP contribution is 2.36. The van der Waals surface area contributed by atoms with Crippen LogP contribution in [0.15, 0.2) is 77.5 Å². The van der Waals surface area contributed by atoms with Gasteiger partial charge in [-0.15, -0.1) is 0 Å². The van der Waals surface area contributed by atoms with E-state index in [-0.39, 0.29) is 17.9 Å². The lowest BCUT2D eigenvalue weighted by atomic mass is 9.82. The molecule has 3 aliphatic heterocycles. The zero-order chi connectivity index (χ0) is 23.4. The van der Waals surface area contributed by atoms with E-state index in [9.17, 15) is 9.59 Å².